The van der Waals surface area contributed by atoms with E-state index in [1.807, 2.05) is 36.1 Å². The first-order valence-corrected chi connectivity index (χ1v) is 6.28. The van der Waals surface area contributed by atoms with E-state index in [0.29, 0.717) is 0 Å². The van der Waals surface area contributed by atoms with Gasteiger partial charge in [0.25, 0.3) is 0 Å². The fourth-order valence-electron chi connectivity index (χ4n) is 1.75. The molecule has 0 atom stereocenters. The summed E-state index contributed by atoms with van der Waals surface area (Å²) in [5.74, 6) is 0. The van der Waals surface area contributed by atoms with Crippen LogP contribution in [0, 0.1) is 0 Å². The van der Waals surface area contributed by atoms with Crippen LogP contribution in [0.15, 0.2) is 61.2 Å². The highest BCUT2D eigenvalue weighted by atomic mass is 32.1. The van der Waals surface area contributed by atoms with E-state index in [1.54, 1.807) is 0 Å². The summed E-state index contributed by atoms with van der Waals surface area (Å²) in [6, 6.07) is 12.7. The minimum Gasteiger partial charge on any atom is -0.218 e. The van der Waals surface area contributed by atoms with E-state index >= 15 is 0 Å². The normalized spacial score (nSPS) is 10.4. The molecule has 0 saturated heterocycles. The maximum atomic E-state index is 3.04. The van der Waals surface area contributed by atoms with Gasteiger partial charge in [-0.1, -0.05) is 0 Å². The molecule has 0 radical (unpaired) electrons. The summed E-state index contributed by atoms with van der Waals surface area (Å²) in [5.41, 5.74) is 2.50. The van der Waals surface area contributed by atoms with E-state index in [2.05, 4.69) is 46.4 Å². The largest absolute Gasteiger partial charge is 0.218 e. The molecule has 3 rings (SSSR count). The van der Waals surface area contributed by atoms with Gasteiger partial charge in [-0.2, -0.15) is 0 Å². The molecule has 17 heavy (non-hydrogen) atoms. The number of pyridine rings is 2. The molecule has 0 amide bonds. The molecule has 0 saturated carbocycles. The Labute approximate surface area is 104 Å². The second-order valence-corrected chi connectivity index (χ2v) is 4.83. The minimum atomic E-state index is 1.25. The van der Waals surface area contributed by atoms with Gasteiger partial charge in [0.2, 0.25) is 0 Å². The Hall–Kier alpha value is -2.00. The topological polar surface area (TPSA) is 28.3 Å². The quantitative estimate of drug-likeness (QED) is 0.659. The fourth-order valence-corrected chi connectivity index (χ4v) is 2.77. The lowest BCUT2D eigenvalue weighted by Crippen LogP contribution is -1.96. The number of nitrogens with one attached hydrogen (secondary N) is 2. The summed E-state index contributed by atoms with van der Waals surface area (Å²) >= 11 is 1.81. The molecule has 3 heterocycles. The Morgan fingerprint density at radius 1 is 0.588 bits per heavy atom. The van der Waals surface area contributed by atoms with Crippen molar-refractivity contribution in [1.29, 1.82) is 0 Å². The van der Waals surface area contributed by atoms with Crippen molar-refractivity contribution in [2.24, 2.45) is 0 Å². The fraction of sp³-hybridized carbons (Fsp3) is 0. The predicted molar refractivity (Wildman–Crippen MR) is 68.3 cm³/mol. The number of aromatic nitrogens is 2. The number of H-pyrrole nitrogens is 2. The molecule has 0 aromatic carbocycles. The Morgan fingerprint density at radius 3 is 1.41 bits per heavy atom. The summed E-state index contributed by atoms with van der Waals surface area (Å²) < 4.78 is 0. The zero-order valence-corrected chi connectivity index (χ0v) is 10.00. The van der Waals surface area contributed by atoms with Crippen LogP contribution in [0.5, 0.6) is 0 Å². The first kappa shape index (κ1) is 10.2. The van der Waals surface area contributed by atoms with Crippen molar-refractivity contribution in [3.63, 3.8) is 0 Å². The molecular formula is C14H12N2S+2. The molecule has 0 aliphatic heterocycles. The highest BCUT2D eigenvalue weighted by Gasteiger charge is 2.05. The van der Waals surface area contributed by atoms with Crippen LogP contribution in [0.25, 0.3) is 20.9 Å². The molecule has 0 aliphatic carbocycles. The van der Waals surface area contributed by atoms with Gasteiger partial charge in [0.15, 0.2) is 24.8 Å². The Bertz CT molecular complexity index is 548. The van der Waals surface area contributed by atoms with Gasteiger partial charge < -0.3 is 0 Å². The summed E-state index contributed by atoms with van der Waals surface area (Å²) in [5, 5.41) is 0. The summed E-state index contributed by atoms with van der Waals surface area (Å²) in [6.45, 7) is 0. The van der Waals surface area contributed by atoms with Gasteiger partial charge in [-0.15, -0.1) is 11.3 Å². The highest BCUT2D eigenvalue weighted by molar-refractivity contribution is 7.18. The summed E-state index contributed by atoms with van der Waals surface area (Å²) in [6.07, 6.45) is 7.80. The molecule has 2 N–H and O–H groups in total. The standard InChI is InChI=1S/C14H10N2S/c1-2-14(12-5-9-16-10-6-12)17-13(1)11-3-7-15-8-4-11/h1-10H/p+2. The third kappa shape index (κ3) is 2.10. The monoisotopic (exact) mass is 240 g/mol. The molecule has 82 valence electrons. The number of hydrogen-bond donors (Lipinski definition) is 0. The minimum absolute atomic E-state index is 1.25. The van der Waals surface area contributed by atoms with Gasteiger partial charge in [-0.05, 0) is 12.1 Å². The predicted octanol–water partition coefficient (Wildman–Crippen LogP) is 2.71. The number of aromatic amines is 2. The number of hydrogen-bond acceptors (Lipinski definition) is 1. The van der Waals surface area contributed by atoms with Crippen LogP contribution in [-0.2, 0) is 0 Å². The highest BCUT2D eigenvalue weighted by Crippen LogP contribution is 2.33. The summed E-state index contributed by atoms with van der Waals surface area (Å²) in [7, 11) is 0. The zero-order chi connectivity index (χ0) is 11.5. The first-order valence-electron chi connectivity index (χ1n) is 5.46. The van der Waals surface area contributed by atoms with E-state index in [-0.39, 0.29) is 0 Å². The van der Waals surface area contributed by atoms with Crippen molar-refractivity contribution in [3.8, 4) is 20.9 Å². The molecule has 0 bridgehead atoms. The van der Waals surface area contributed by atoms with Crippen LogP contribution in [0.3, 0.4) is 0 Å². The lowest BCUT2D eigenvalue weighted by Gasteiger charge is -1.93. The molecule has 0 spiro atoms. The van der Waals surface area contributed by atoms with Crippen LogP contribution in [-0.4, -0.2) is 0 Å². The van der Waals surface area contributed by atoms with Crippen LogP contribution in [0.4, 0.5) is 0 Å². The lowest BCUT2D eigenvalue weighted by atomic mass is 10.2. The lowest BCUT2D eigenvalue weighted by molar-refractivity contribution is -0.378. The van der Waals surface area contributed by atoms with Gasteiger partial charge in [0, 0.05) is 45.1 Å². The maximum absolute atomic E-state index is 3.04. The van der Waals surface area contributed by atoms with Crippen LogP contribution >= 0.6 is 11.3 Å². The molecule has 0 aliphatic rings. The summed E-state index contributed by atoms with van der Waals surface area (Å²) in [4.78, 5) is 8.67. The average molecular weight is 240 g/mol. The van der Waals surface area contributed by atoms with Crippen LogP contribution < -0.4 is 9.97 Å². The molecule has 3 heteroatoms. The Morgan fingerprint density at radius 2 is 1.00 bits per heavy atom. The molecule has 3 aromatic heterocycles. The third-order valence-corrected chi connectivity index (χ3v) is 3.79. The molecule has 3 aromatic rings. The molecule has 0 fully saturated rings. The van der Waals surface area contributed by atoms with Crippen molar-refractivity contribution in [2.75, 3.05) is 0 Å². The van der Waals surface area contributed by atoms with Gasteiger partial charge >= 0.3 is 0 Å². The third-order valence-electron chi connectivity index (χ3n) is 2.61. The molecule has 2 nitrogen and oxygen atoms in total. The van der Waals surface area contributed by atoms with Crippen molar-refractivity contribution in [2.45, 2.75) is 0 Å². The molecular weight excluding hydrogens is 228 g/mol. The van der Waals surface area contributed by atoms with Crippen molar-refractivity contribution >= 4 is 11.3 Å². The van der Waals surface area contributed by atoms with Crippen LogP contribution in [0.2, 0.25) is 0 Å². The van der Waals surface area contributed by atoms with Crippen molar-refractivity contribution in [1.82, 2.24) is 0 Å². The Kier molecular flexibility index (Phi) is 2.68. The van der Waals surface area contributed by atoms with E-state index in [4.69, 9.17) is 0 Å². The number of thiophene rings is 1. The average Bonchev–Trinajstić information content (AvgIpc) is 2.90. The second-order valence-electron chi connectivity index (χ2n) is 3.74. The van der Waals surface area contributed by atoms with E-state index in [1.165, 1.54) is 20.9 Å². The number of rotatable bonds is 2. The van der Waals surface area contributed by atoms with Gasteiger partial charge in [0.05, 0.1) is 0 Å². The van der Waals surface area contributed by atoms with Crippen molar-refractivity contribution in [3.05, 3.63) is 61.2 Å². The maximum Gasteiger partial charge on any atom is 0.167 e. The second kappa shape index (κ2) is 4.47. The zero-order valence-electron chi connectivity index (χ0n) is 9.18. The molecule has 0 unspecified atom stereocenters. The van der Waals surface area contributed by atoms with Crippen molar-refractivity contribution < 1.29 is 9.97 Å². The van der Waals surface area contributed by atoms with E-state index < -0.39 is 0 Å². The van der Waals surface area contributed by atoms with Gasteiger partial charge in [-0.3, -0.25) is 0 Å². The SMILES string of the molecule is c1cc(-c2ccc(-c3cc[nH+]cc3)s2)cc[nH+]1. The van der Waals surface area contributed by atoms with E-state index in [0.717, 1.165) is 0 Å². The van der Waals surface area contributed by atoms with Crippen LogP contribution in [0.1, 0.15) is 0 Å². The van der Waals surface area contributed by atoms with E-state index in [9.17, 15) is 0 Å². The first-order chi connectivity index (χ1) is 8.43. The smallest absolute Gasteiger partial charge is 0.167 e. The van der Waals surface area contributed by atoms with Gasteiger partial charge in [-0.25, -0.2) is 9.97 Å². The van der Waals surface area contributed by atoms with Gasteiger partial charge in [0.1, 0.15) is 0 Å². The Balaban J connectivity index is 1.99.